The van der Waals surface area contributed by atoms with E-state index in [1.165, 1.54) is 6.26 Å². The van der Waals surface area contributed by atoms with Gasteiger partial charge in [-0.2, -0.15) is 0 Å². The summed E-state index contributed by atoms with van der Waals surface area (Å²) in [5.41, 5.74) is -0.265. The molecule has 6 heteroatoms. The molecule has 0 heterocycles. The zero-order valence-corrected chi connectivity index (χ0v) is 11.4. The maximum atomic E-state index is 11.4. The minimum atomic E-state index is -3.00. The molecule has 1 unspecified atom stereocenters. The highest BCUT2D eigenvalue weighted by Gasteiger charge is 2.15. The van der Waals surface area contributed by atoms with Gasteiger partial charge in [-0.1, -0.05) is 0 Å². The topological polar surface area (TPSA) is 75.3 Å². The number of hydrogen-bond donors (Lipinski definition) is 2. The molecule has 0 saturated carbocycles. The van der Waals surface area contributed by atoms with Crippen LogP contribution >= 0.6 is 0 Å². The Bertz CT molecular complexity index is 330. The van der Waals surface area contributed by atoms with Gasteiger partial charge in [0.05, 0.1) is 12.3 Å². The van der Waals surface area contributed by atoms with Crippen molar-refractivity contribution >= 4 is 15.7 Å². The third-order valence-electron chi connectivity index (χ3n) is 1.68. The van der Waals surface area contributed by atoms with Gasteiger partial charge in [0, 0.05) is 17.8 Å². The van der Waals surface area contributed by atoms with Gasteiger partial charge in [-0.15, -0.1) is 0 Å². The second kappa shape index (κ2) is 5.63. The molecule has 0 spiro atoms. The summed E-state index contributed by atoms with van der Waals surface area (Å²) in [5.74, 6) is -0.0941. The summed E-state index contributed by atoms with van der Waals surface area (Å²) in [6, 6.07) is -0.222. The monoisotopic (exact) mass is 250 g/mol. The van der Waals surface area contributed by atoms with Gasteiger partial charge in [-0.25, -0.2) is 8.42 Å². The molecule has 0 rings (SSSR count). The third-order valence-corrected chi connectivity index (χ3v) is 2.78. The number of carbonyl (C=O) groups excluding carboxylic acids is 1. The second-order valence-electron chi connectivity index (χ2n) is 5.17. The largest absolute Gasteiger partial charge is 0.350 e. The van der Waals surface area contributed by atoms with Crippen LogP contribution in [0.4, 0.5) is 0 Å². The van der Waals surface area contributed by atoms with Crippen LogP contribution in [0.5, 0.6) is 0 Å². The van der Waals surface area contributed by atoms with E-state index in [2.05, 4.69) is 10.6 Å². The number of hydrogen-bond acceptors (Lipinski definition) is 4. The molecule has 0 fully saturated rings. The molecule has 0 aromatic heterocycles. The maximum absolute atomic E-state index is 11.4. The Hall–Kier alpha value is -0.620. The summed E-state index contributed by atoms with van der Waals surface area (Å²) in [6.45, 7) is 7.56. The zero-order chi connectivity index (χ0) is 13.0. The standard InChI is InChI=1S/C10H22N2O3S/c1-8(7-16(5,14)15)11-6-9(13)12-10(2,3)4/h8,11H,6-7H2,1-5H3,(H,12,13). The second-order valence-corrected chi connectivity index (χ2v) is 7.36. The quantitative estimate of drug-likeness (QED) is 0.716. The van der Waals surface area contributed by atoms with E-state index >= 15 is 0 Å². The van der Waals surface area contributed by atoms with Crippen LogP contribution in [0.2, 0.25) is 0 Å². The lowest BCUT2D eigenvalue weighted by Gasteiger charge is -2.21. The smallest absolute Gasteiger partial charge is 0.234 e. The molecule has 0 aromatic rings. The van der Waals surface area contributed by atoms with Crippen LogP contribution in [0.15, 0.2) is 0 Å². The Kier molecular flexibility index (Phi) is 5.41. The summed E-state index contributed by atoms with van der Waals surface area (Å²) in [7, 11) is -3.00. The van der Waals surface area contributed by atoms with Gasteiger partial charge in [0.1, 0.15) is 9.84 Å². The zero-order valence-electron chi connectivity index (χ0n) is 10.6. The molecule has 1 atom stereocenters. The molecule has 0 aliphatic rings. The number of rotatable bonds is 5. The van der Waals surface area contributed by atoms with Crippen molar-refractivity contribution in [3.8, 4) is 0 Å². The molecular weight excluding hydrogens is 228 g/mol. The first-order valence-electron chi connectivity index (χ1n) is 5.22. The Balaban J connectivity index is 3.94. The minimum Gasteiger partial charge on any atom is -0.350 e. The Labute approximate surface area is 97.9 Å². The molecule has 1 amide bonds. The van der Waals surface area contributed by atoms with E-state index in [9.17, 15) is 13.2 Å². The van der Waals surface area contributed by atoms with E-state index in [-0.39, 0.29) is 29.8 Å². The van der Waals surface area contributed by atoms with E-state index in [1.54, 1.807) is 6.92 Å². The molecule has 2 N–H and O–H groups in total. The lowest BCUT2D eigenvalue weighted by atomic mass is 10.1. The minimum absolute atomic E-state index is 0.0375. The first kappa shape index (κ1) is 15.4. The summed E-state index contributed by atoms with van der Waals surface area (Å²) in [6.07, 6.45) is 1.18. The Morgan fingerprint density at radius 1 is 1.31 bits per heavy atom. The average molecular weight is 250 g/mol. The van der Waals surface area contributed by atoms with Gasteiger partial charge >= 0.3 is 0 Å². The van der Waals surface area contributed by atoms with Crippen LogP contribution in [-0.4, -0.2) is 44.5 Å². The van der Waals surface area contributed by atoms with Gasteiger partial charge in [0.2, 0.25) is 5.91 Å². The summed E-state index contributed by atoms with van der Waals surface area (Å²) < 4.78 is 21.9. The van der Waals surface area contributed by atoms with E-state index in [1.807, 2.05) is 20.8 Å². The van der Waals surface area contributed by atoms with Gasteiger partial charge in [-0.3, -0.25) is 4.79 Å². The van der Waals surface area contributed by atoms with Crippen molar-refractivity contribution < 1.29 is 13.2 Å². The fraction of sp³-hybridized carbons (Fsp3) is 0.900. The predicted octanol–water partition coefficient (Wildman–Crippen LogP) is -0.0762. The number of carbonyl (C=O) groups is 1. The highest BCUT2D eigenvalue weighted by Crippen LogP contribution is 1.97. The fourth-order valence-corrected chi connectivity index (χ4v) is 2.27. The molecule has 0 aliphatic heterocycles. The van der Waals surface area contributed by atoms with Gasteiger partial charge in [-0.05, 0) is 27.7 Å². The van der Waals surface area contributed by atoms with E-state index in [0.717, 1.165) is 0 Å². The molecule has 5 nitrogen and oxygen atoms in total. The Morgan fingerprint density at radius 2 is 1.81 bits per heavy atom. The lowest BCUT2D eigenvalue weighted by Crippen LogP contribution is -2.47. The van der Waals surface area contributed by atoms with Crippen molar-refractivity contribution in [1.82, 2.24) is 10.6 Å². The highest BCUT2D eigenvalue weighted by molar-refractivity contribution is 7.90. The molecule has 0 aliphatic carbocycles. The molecular formula is C10H22N2O3S. The van der Waals surface area contributed by atoms with Crippen molar-refractivity contribution in [1.29, 1.82) is 0 Å². The van der Waals surface area contributed by atoms with Crippen molar-refractivity contribution in [2.24, 2.45) is 0 Å². The normalized spacial score (nSPS) is 14.6. The lowest BCUT2D eigenvalue weighted by molar-refractivity contribution is -0.121. The van der Waals surface area contributed by atoms with Crippen molar-refractivity contribution in [3.63, 3.8) is 0 Å². The molecule has 0 aromatic carbocycles. The molecule has 0 saturated heterocycles. The number of amides is 1. The fourth-order valence-electron chi connectivity index (χ4n) is 1.24. The molecule has 0 radical (unpaired) electrons. The molecule has 0 bridgehead atoms. The van der Waals surface area contributed by atoms with Crippen LogP contribution in [0, 0.1) is 0 Å². The average Bonchev–Trinajstić information content (AvgIpc) is 1.94. The SMILES string of the molecule is CC(CS(C)(=O)=O)NCC(=O)NC(C)(C)C. The van der Waals surface area contributed by atoms with Gasteiger partial charge in [0.15, 0.2) is 0 Å². The number of sulfone groups is 1. The van der Waals surface area contributed by atoms with Gasteiger partial charge < -0.3 is 10.6 Å². The Morgan fingerprint density at radius 3 is 2.19 bits per heavy atom. The van der Waals surface area contributed by atoms with E-state index < -0.39 is 9.84 Å². The number of nitrogens with one attached hydrogen (secondary N) is 2. The molecule has 96 valence electrons. The first-order chi connectivity index (χ1) is 6.99. The molecule has 16 heavy (non-hydrogen) atoms. The highest BCUT2D eigenvalue weighted by atomic mass is 32.2. The summed E-state index contributed by atoms with van der Waals surface area (Å²) in [4.78, 5) is 11.4. The predicted molar refractivity (Wildman–Crippen MR) is 65.1 cm³/mol. The summed E-state index contributed by atoms with van der Waals surface area (Å²) >= 11 is 0. The maximum Gasteiger partial charge on any atom is 0.234 e. The van der Waals surface area contributed by atoms with Crippen molar-refractivity contribution in [2.75, 3.05) is 18.6 Å². The van der Waals surface area contributed by atoms with Crippen LogP contribution in [-0.2, 0) is 14.6 Å². The van der Waals surface area contributed by atoms with Crippen LogP contribution in [0.3, 0.4) is 0 Å². The van der Waals surface area contributed by atoms with Crippen molar-refractivity contribution in [2.45, 2.75) is 39.3 Å². The van der Waals surface area contributed by atoms with E-state index in [4.69, 9.17) is 0 Å². The van der Waals surface area contributed by atoms with Crippen LogP contribution in [0.1, 0.15) is 27.7 Å². The first-order valence-corrected chi connectivity index (χ1v) is 7.28. The van der Waals surface area contributed by atoms with Crippen LogP contribution in [0.25, 0.3) is 0 Å². The third kappa shape index (κ3) is 9.92. The summed E-state index contributed by atoms with van der Waals surface area (Å²) in [5, 5.41) is 5.66. The van der Waals surface area contributed by atoms with Crippen LogP contribution < -0.4 is 10.6 Å². The van der Waals surface area contributed by atoms with Gasteiger partial charge in [0.25, 0.3) is 0 Å². The van der Waals surface area contributed by atoms with Crippen molar-refractivity contribution in [3.05, 3.63) is 0 Å². The van der Waals surface area contributed by atoms with E-state index in [0.29, 0.717) is 0 Å².